The number of carbonyl (C=O) groups is 1. The summed E-state index contributed by atoms with van der Waals surface area (Å²) in [6, 6.07) is 12.4. The van der Waals surface area contributed by atoms with Crippen LogP contribution in [0.25, 0.3) is 16.6 Å². The van der Waals surface area contributed by atoms with Gasteiger partial charge in [0.15, 0.2) is 23.1 Å². The summed E-state index contributed by atoms with van der Waals surface area (Å²) in [6.07, 6.45) is -3.51. The molecule has 0 fully saturated rings. The number of methoxy groups -OCH3 is 2. The molecule has 0 saturated heterocycles. The van der Waals surface area contributed by atoms with Crippen LogP contribution in [-0.4, -0.2) is 42.9 Å². The van der Waals surface area contributed by atoms with E-state index in [1.54, 1.807) is 19.2 Å². The van der Waals surface area contributed by atoms with E-state index in [1.165, 1.54) is 38.4 Å². The second-order valence-electron chi connectivity index (χ2n) is 10.1. The number of halogens is 5. The number of alkyl halides is 3. The number of fused-ring (bicyclic) bond motifs is 1. The third-order valence-electron chi connectivity index (χ3n) is 6.96. The molecule has 5 rings (SSSR count). The van der Waals surface area contributed by atoms with Crippen molar-refractivity contribution in [2.24, 2.45) is 0 Å². The summed E-state index contributed by atoms with van der Waals surface area (Å²) in [7, 11) is 3.00. The first-order valence-corrected chi connectivity index (χ1v) is 13.9. The molecule has 0 saturated carbocycles. The van der Waals surface area contributed by atoms with Gasteiger partial charge in [-0.3, -0.25) is 19.1 Å². The summed E-state index contributed by atoms with van der Waals surface area (Å²) in [5, 5.41) is 2.81. The van der Waals surface area contributed by atoms with Crippen molar-refractivity contribution in [2.75, 3.05) is 32.8 Å². The molecule has 0 aliphatic heterocycles. The van der Waals surface area contributed by atoms with E-state index in [2.05, 4.69) is 10.3 Å². The number of rotatable bonds is 10. The number of amides is 1. The van der Waals surface area contributed by atoms with Gasteiger partial charge in [0.25, 0.3) is 11.5 Å². The highest BCUT2D eigenvalue weighted by Gasteiger charge is 2.36. The predicted octanol–water partition coefficient (Wildman–Crippen LogP) is 7.07. The van der Waals surface area contributed by atoms with Crippen molar-refractivity contribution < 1.29 is 45.7 Å². The summed E-state index contributed by atoms with van der Waals surface area (Å²) in [4.78, 5) is 30.6. The molecule has 0 radical (unpaired) electrons. The van der Waals surface area contributed by atoms with Crippen LogP contribution in [0.1, 0.15) is 21.6 Å². The lowest BCUT2D eigenvalue weighted by molar-refractivity contribution is -0.142. The second-order valence-corrected chi connectivity index (χ2v) is 10.1. The maximum atomic E-state index is 15.2. The third kappa shape index (κ3) is 7.02. The highest BCUT2D eigenvalue weighted by atomic mass is 19.4. The molecule has 3 aromatic carbocycles. The Hall–Kier alpha value is -5.50. The first-order chi connectivity index (χ1) is 22.4. The topological polar surface area (TPSA) is 101 Å². The van der Waals surface area contributed by atoms with Gasteiger partial charge in [0.1, 0.15) is 29.4 Å². The van der Waals surface area contributed by atoms with Gasteiger partial charge in [-0.2, -0.15) is 13.2 Å². The fraction of sp³-hybridized carbons (Fsp3) is 0.182. The molecule has 0 atom stereocenters. The molecule has 0 aliphatic carbocycles. The summed E-state index contributed by atoms with van der Waals surface area (Å²) >= 11 is 0. The highest BCUT2D eigenvalue weighted by molar-refractivity contribution is 6.04. The van der Waals surface area contributed by atoms with Crippen LogP contribution in [0.15, 0.2) is 77.7 Å². The zero-order valence-electron chi connectivity index (χ0n) is 25.1. The Morgan fingerprint density at radius 3 is 2.36 bits per heavy atom. The average Bonchev–Trinajstić information content (AvgIpc) is 3.02. The summed E-state index contributed by atoms with van der Waals surface area (Å²) in [6.45, 7) is 1.95. The van der Waals surface area contributed by atoms with Gasteiger partial charge in [-0.25, -0.2) is 8.78 Å². The van der Waals surface area contributed by atoms with Gasteiger partial charge in [0.2, 0.25) is 0 Å². The Labute approximate surface area is 264 Å². The number of nitrogens with zero attached hydrogens (tertiary/aromatic N) is 2. The van der Waals surface area contributed by atoms with E-state index in [-0.39, 0.29) is 35.0 Å². The van der Waals surface area contributed by atoms with Crippen molar-refractivity contribution in [1.29, 1.82) is 0 Å². The van der Waals surface area contributed by atoms with Crippen molar-refractivity contribution >= 4 is 22.5 Å². The Balaban J connectivity index is 1.41. The normalized spacial score (nSPS) is 11.4. The van der Waals surface area contributed by atoms with Gasteiger partial charge in [-0.15, -0.1) is 0 Å². The molecule has 2 heterocycles. The number of hydrogen-bond acceptors (Lipinski definition) is 7. The number of pyridine rings is 2. The number of carbonyl (C=O) groups excluding carboxylic acids is 1. The van der Waals surface area contributed by atoms with E-state index in [1.807, 2.05) is 0 Å². The average molecular weight is 656 g/mol. The second kappa shape index (κ2) is 13.5. The Kier molecular flexibility index (Phi) is 9.42. The molecule has 5 aromatic rings. The van der Waals surface area contributed by atoms with E-state index in [9.17, 15) is 27.2 Å². The number of nitrogens with one attached hydrogen (secondary N) is 1. The highest BCUT2D eigenvalue weighted by Crippen LogP contribution is 2.38. The van der Waals surface area contributed by atoms with Gasteiger partial charge >= 0.3 is 6.18 Å². The molecule has 9 nitrogen and oxygen atoms in total. The number of aromatic nitrogens is 2. The fourth-order valence-electron chi connectivity index (χ4n) is 4.74. The van der Waals surface area contributed by atoms with Crippen LogP contribution in [0.5, 0.6) is 23.0 Å². The van der Waals surface area contributed by atoms with Crippen molar-refractivity contribution in [2.45, 2.75) is 13.1 Å². The number of anilines is 1. The largest absolute Gasteiger partial charge is 0.493 e. The zero-order valence-corrected chi connectivity index (χ0v) is 25.1. The van der Waals surface area contributed by atoms with Crippen LogP contribution in [0.4, 0.5) is 27.6 Å². The molecule has 1 amide bonds. The van der Waals surface area contributed by atoms with Crippen LogP contribution < -0.4 is 25.1 Å². The van der Waals surface area contributed by atoms with E-state index in [0.29, 0.717) is 39.6 Å². The lowest BCUT2D eigenvalue weighted by Crippen LogP contribution is -2.33. The van der Waals surface area contributed by atoms with Gasteiger partial charge in [0, 0.05) is 36.5 Å². The van der Waals surface area contributed by atoms with Crippen molar-refractivity contribution in [1.82, 2.24) is 9.55 Å². The molecule has 14 heteroatoms. The summed E-state index contributed by atoms with van der Waals surface area (Å²) in [5.74, 6) is -1.91. The first kappa shape index (κ1) is 32.9. The minimum atomic E-state index is -4.97. The molecule has 0 aliphatic rings. The van der Waals surface area contributed by atoms with Crippen LogP contribution in [-0.2, 0) is 10.9 Å². The standard InChI is InChI=1S/C33H26F5N3O6/c1-18-14-19(34)4-7-25(18)41-30(33(36,37)38)9-6-21(32(41)43)31(42)40-20-5-8-27(23(35)15-20)47-26-10-11-39-24-17-29(46-13-12-44-2)28(45-3)16-22(24)26/h4-11,14-17H,12-13H2,1-3H3,(H,40,42). The molecule has 47 heavy (non-hydrogen) atoms. The SMILES string of the molecule is COCCOc1cc2nccc(Oc3ccc(NC(=O)c4ccc(C(F)(F)F)n(-c5ccc(F)cc5C)c4=O)cc3F)c2cc1OC. The lowest BCUT2D eigenvalue weighted by Gasteiger charge is -2.18. The summed E-state index contributed by atoms with van der Waals surface area (Å²) in [5.41, 5.74) is -3.20. The minimum Gasteiger partial charge on any atom is -0.493 e. The number of aryl methyl sites for hydroxylation is 1. The van der Waals surface area contributed by atoms with Crippen molar-refractivity contribution in [3.05, 3.63) is 112 Å². The number of benzene rings is 3. The third-order valence-corrected chi connectivity index (χ3v) is 6.96. The molecule has 2 aromatic heterocycles. The Morgan fingerprint density at radius 2 is 1.68 bits per heavy atom. The number of ether oxygens (including phenoxy) is 4. The van der Waals surface area contributed by atoms with Crippen LogP contribution in [0.2, 0.25) is 0 Å². The quantitative estimate of drug-likeness (QED) is 0.127. The van der Waals surface area contributed by atoms with Gasteiger partial charge < -0.3 is 24.3 Å². The first-order valence-electron chi connectivity index (χ1n) is 13.9. The van der Waals surface area contributed by atoms with Crippen molar-refractivity contribution in [3.8, 4) is 28.7 Å². The predicted molar refractivity (Wildman–Crippen MR) is 162 cm³/mol. The Morgan fingerprint density at radius 1 is 0.894 bits per heavy atom. The monoisotopic (exact) mass is 655 g/mol. The molecule has 0 bridgehead atoms. The van der Waals surface area contributed by atoms with Crippen LogP contribution in [0.3, 0.4) is 0 Å². The lowest BCUT2D eigenvalue weighted by atomic mass is 10.1. The molecule has 1 N–H and O–H groups in total. The molecule has 244 valence electrons. The van der Waals surface area contributed by atoms with Crippen LogP contribution in [0, 0.1) is 18.6 Å². The van der Waals surface area contributed by atoms with E-state index >= 15 is 4.39 Å². The maximum Gasteiger partial charge on any atom is 0.431 e. The molecular formula is C33H26F5N3O6. The van der Waals surface area contributed by atoms with E-state index in [0.717, 1.165) is 30.3 Å². The van der Waals surface area contributed by atoms with E-state index < -0.39 is 40.5 Å². The number of hydrogen-bond donors (Lipinski definition) is 1. The summed E-state index contributed by atoms with van der Waals surface area (Å²) < 4.78 is 92.6. The van der Waals surface area contributed by atoms with E-state index in [4.69, 9.17) is 18.9 Å². The smallest absolute Gasteiger partial charge is 0.431 e. The fourth-order valence-corrected chi connectivity index (χ4v) is 4.74. The molecular weight excluding hydrogens is 629 g/mol. The molecule has 0 unspecified atom stereocenters. The van der Waals surface area contributed by atoms with Gasteiger partial charge in [-0.1, -0.05) is 0 Å². The van der Waals surface area contributed by atoms with Gasteiger partial charge in [0.05, 0.1) is 24.9 Å². The van der Waals surface area contributed by atoms with Crippen LogP contribution >= 0.6 is 0 Å². The Bertz CT molecular complexity index is 2030. The van der Waals surface area contributed by atoms with Crippen molar-refractivity contribution in [3.63, 3.8) is 0 Å². The minimum absolute atomic E-state index is 0.0316. The van der Waals surface area contributed by atoms with Gasteiger partial charge in [-0.05, 0) is 67.1 Å². The maximum absolute atomic E-state index is 15.2. The zero-order chi connectivity index (χ0) is 33.9. The molecule has 0 spiro atoms.